The first-order valence-electron chi connectivity index (χ1n) is 10.7. The molecule has 2 aromatic heterocycles. The summed E-state index contributed by atoms with van der Waals surface area (Å²) in [5.74, 6) is 0.547. The lowest BCUT2D eigenvalue weighted by molar-refractivity contribution is -0.0334. The lowest BCUT2D eigenvalue weighted by Gasteiger charge is -2.11. The molecular weight excluding hydrogens is 600 g/mol. The van der Waals surface area contributed by atoms with Crippen molar-refractivity contribution in [2.45, 2.75) is 16.4 Å². The van der Waals surface area contributed by atoms with Gasteiger partial charge in [-0.05, 0) is 55.1 Å². The van der Waals surface area contributed by atoms with Gasteiger partial charge in [0.05, 0.1) is 47.8 Å². The number of aromatic nitrogens is 5. The highest BCUT2D eigenvalue weighted by Gasteiger charge is 2.14. The molecule has 0 bridgehead atoms. The van der Waals surface area contributed by atoms with Crippen molar-refractivity contribution in [2.75, 3.05) is 37.1 Å². The Balaban J connectivity index is 0.000000469. The molecular formula is C22H19Cl4N7O2S2. The summed E-state index contributed by atoms with van der Waals surface area (Å²) >= 11 is 27.2. The average Bonchev–Trinajstić information content (AvgIpc) is 3.28. The molecule has 9 nitrogen and oxygen atoms in total. The molecule has 2 N–H and O–H groups in total. The molecule has 0 unspecified atom stereocenters. The van der Waals surface area contributed by atoms with Crippen LogP contribution >= 0.6 is 69.5 Å². The van der Waals surface area contributed by atoms with Crippen LogP contribution in [0.1, 0.15) is 5.01 Å². The number of ether oxygens (including phenoxy) is 2. The van der Waals surface area contributed by atoms with Crippen LogP contribution < -0.4 is 10.6 Å². The molecule has 0 amide bonds. The molecule has 4 aromatic rings. The lowest BCUT2D eigenvalue weighted by atomic mass is 10.3. The maximum atomic E-state index is 6.27. The van der Waals surface area contributed by atoms with Crippen molar-refractivity contribution in [1.82, 2.24) is 25.1 Å². The van der Waals surface area contributed by atoms with Gasteiger partial charge in [0.25, 0.3) is 0 Å². The minimum atomic E-state index is 0.274. The molecule has 1 aliphatic rings. The highest BCUT2D eigenvalue weighted by molar-refractivity contribution is 8.00. The fraction of sp³-hybridized carbons (Fsp3) is 0.227. The van der Waals surface area contributed by atoms with Crippen LogP contribution in [0.2, 0.25) is 20.1 Å². The van der Waals surface area contributed by atoms with Crippen molar-refractivity contribution in [2.24, 2.45) is 0 Å². The summed E-state index contributed by atoms with van der Waals surface area (Å²) in [6.07, 6.45) is 0. The molecule has 1 aliphatic heterocycles. The molecule has 2 aromatic carbocycles. The number of hydrogen-bond donors (Lipinski definition) is 2. The van der Waals surface area contributed by atoms with Crippen LogP contribution in [0.15, 0.2) is 45.9 Å². The van der Waals surface area contributed by atoms with Gasteiger partial charge in [0, 0.05) is 10.0 Å². The van der Waals surface area contributed by atoms with E-state index in [4.69, 9.17) is 55.9 Å². The van der Waals surface area contributed by atoms with E-state index in [0.29, 0.717) is 41.0 Å². The predicted octanol–water partition coefficient (Wildman–Crippen LogP) is 7.32. The third kappa shape index (κ3) is 8.79. The number of halogens is 4. The van der Waals surface area contributed by atoms with Gasteiger partial charge in [-0.1, -0.05) is 57.7 Å². The highest BCUT2D eigenvalue weighted by Crippen LogP contribution is 2.32. The number of nitrogens with zero attached hydrogens (tertiary/aromatic N) is 5. The normalized spacial score (nSPS) is 13.0. The number of nitrogens with one attached hydrogen (secondary N) is 2. The van der Waals surface area contributed by atoms with E-state index in [0.717, 1.165) is 31.4 Å². The summed E-state index contributed by atoms with van der Waals surface area (Å²) in [7, 11) is 0. The lowest BCUT2D eigenvalue weighted by Crippen LogP contribution is -2.16. The zero-order valence-electron chi connectivity index (χ0n) is 19.2. The zero-order chi connectivity index (χ0) is 26.2. The first-order valence-corrected chi connectivity index (χ1v) is 13.8. The second-order valence-corrected chi connectivity index (χ2v) is 11.3. The first-order chi connectivity index (χ1) is 17.9. The Morgan fingerprint density at radius 1 is 0.757 bits per heavy atom. The van der Waals surface area contributed by atoms with E-state index in [1.165, 1.54) is 23.1 Å². The van der Waals surface area contributed by atoms with Crippen molar-refractivity contribution in [3.05, 3.63) is 61.5 Å². The monoisotopic (exact) mass is 617 g/mol. The molecule has 0 aliphatic carbocycles. The third-order valence-corrected chi connectivity index (χ3v) is 7.25. The molecule has 0 saturated carbocycles. The van der Waals surface area contributed by atoms with E-state index >= 15 is 0 Å². The molecule has 5 rings (SSSR count). The molecule has 194 valence electrons. The van der Waals surface area contributed by atoms with E-state index in [1.807, 2.05) is 6.92 Å². The number of hydrogen-bond acceptors (Lipinski definition) is 11. The van der Waals surface area contributed by atoms with Crippen LogP contribution in [0, 0.1) is 6.92 Å². The second-order valence-electron chi connectivity index (χ2n) is 7.18. The van der Waals surface area contributed by atoms with Crippen molar-refractivity contribution < 1.29 is 9.47 Å². The SMILES string of the molecule is C1COCCO1.Cc1nnc(Sc2nc(Nc3ccc(Cl)cc3Cl)nc(Nc3ccc(Cl)cc3Cl)n2)s1. The molecule has 1 fully saturated rings. The summed E-state index contributed by atoms with van der Waals surface area (Å²) in [6, 6.07) is 10.1. The Morgan fingerprint density at radius 2 is 1.27 bits per heavy atom. The molecule has 0 radical (unpaired) electrons. The smallest absolute Gasteiger partial charge is 0.233 e. The average molecular weight is 619 g/mol. The summed E-state index contributed by atoms with van der Waals surface area (Å²) < 4.78 is 10.6. The van der Waals surface area contributed by atoms with E-state index in [-0.39, 0.29) is 11.9 Å². The van der Waals surface area contributed by atoms with Gasteiger partial charge in [0.2, 0.25) is 17.1 Å². The summed E-state index contributed by atoms with van der Waals surface area (Å²) in [5.41, 5.74) is 1.19. The van der Waals surface area contributed by atoms with Crippen LogP contribution in [0.3, 0.4) is 0 Å². The Kier molecular flexibility index (Phi) is 10.4. The van der Waals surface area contributed by atoms with Gasteiger partial charge in [-0.2, -0.15) is 15.0 Å². The van der Waals surface area contributed by atoms with Crippen molar-refractivity contribution in [3.63, 3.8) is 0 Å². The molecule has 15 heteroatoms. The van der Waals surface area contributed by atoms with Crippen molar-refractivity contribution in [1.29, 1.82) is 0 Å². The Labute approximate surface area is 241 Å². The van der Waals surface area contributed by atoms with E-state index in [2.05, 4.69) is 35.8 Å². The predicted molar refractivity (Wildman–Crippen MR) is 150 cm³/mol. The third-order valence-electron chi connectivity index (χ3n) is 4.40. The van der Waals surface area contributed by atoms with Gasteiger partial charge in [-0.15, -0.1) is 10.2 Å². The van der Waals surface area contributed by atoms with Crippen LogP contribution in [0.4, 0.5) is 23.3 Å². The number of aryl methyl sites for hydroxylation is 1. The van der Waals surface area contributed by atoms with Crippen LogP contribution in [0.25, 0.3) is 0 Å². The second kappa shape index (κ2) is 13.7. The molecule has 1 saturated heterocycles. The Hall–Kier alpha value is -1.96. The number of anilines is 4. The minimum Gasteiger partial charge on any atom is -0.377 e. The summed E-state index contributed by atoms with van der Waals surface area (Å²) in [6.45, 7) is 4.99. The molecule has 3 heterocycles. The van der Waals surface area contributed by atoms with Crippen LogP contribution in [-0.2, 0) is 9.47 Å². The number of benzene rings is 2. The fourth-order valence-corrected chi connectivity index (χ4v) is 5.36. The Morgan fingerprint density at radius 3 is 1.68 bits per heavy atom. The maximum absolute atomic E-state index is 6.27. The van der Waals surface area contributed by atoms with Crippen molar-refractivity contribution in [3.8, 4) is 0 Å². The zero-order valence-corrected chi connectivity index (χ0v) is 23.8. The topological polar surface area (TPSA) is 107 Å². The van der Waals surface area contributed by atoms with Gasteiger partial charge in [-0.3, -0.25) is 0 Å². The quantitative estimate of drug-likeness (QED) is 0.228. The fourth-order valence-electron chi connectivity index (χ4n) is 2.77. The molecule has 0 spiro atoms. The highest BCUT2D eigenvalue weighted by atomic mass is 35.5. The summed E-state index contributed by atoms with van der Waals surface area (Å²) in [4.78, 5) is 13.3. The Bertz CT molecular complexity index is 1280. The minimum absolute atomic E-state index is 0.274. The first kappa shape index (κ1) is 28.1. The number of rotatable bonds is 6. The van der Waals surface area contributed by atoms with E-state index < -0.39 is 0 Å². The largest absolute Gasteiger partial charge is 0.377 e. The summed E-state index contributed by atoms with van der Waals surface area (Å²) in [5, 5.41) is 17.4. The van der Waals surface area contributed by atoms with Gasteiger partial charge in [0.1, 0.15) is 5.01 Å². The van der Waals surface area contributed by atoms with Gasteiger partial charge >= 0.3 is 0 Å². The molecule has 0 atom stereocenters. The van der Waals surface area contributed by atoms with Gasteiger partial charge in [-0.25, -0.2) is 0 Å². The van der Waals surface area contributed by atoms with E-state index in [1.54, 1.807) is 36.4 Å². The van der Waals surface area contributed by atoms with E-state index in [9.17, 15) is 0 Å². The van der Waals surface area contributed by atoms with Crippen molar-refractivity contribution >= 4 is 92.8 Å². The standard InChI is InChI=1S/C18H11Cl4N7S2.C4H8O2/c1-8-28-29-18(30-8)31-17-26-15(23-13-4-2-9(19)6-11(13)21)25-16(27-17)24-14-5-3-10(20)7-12(14)22;1-2-6-4-3-5-1/h2-7H,1H3,(H2,23,24,25,26,27);1-4H2. The van der Waals surface area contributed by atoms with Crippen LogP contribution in [-0.4, -0.2) is 51.6 Å². The maximum Gasteiger partial charge on any atom is 0.233 e. The van der Waals surface area contributed by atoms with Gasteiger partial charge in [0.15, 0.2) is 4.34 Å². The van der Waals surface area contributed by atoms with Crippen LogP contribution in [0.5, 0.6) is 0 Å². The molecule has 37 heavy (non-hydrogen) atoms. The van der Waals surface area contributed by atoms with Gasteiger partial charge < -0.3 is 20.1 Å².